The van der Waals surface area contributed by atoms with E-state index in [-0.39, 0.29) is 0 Å². The zero-order valence-corrected chi connectivity index (χ0v) is 6.45. The topological polar surface area (TPSA) is 49.5 Å². The highest BCUT2D eigenvalue weighted by Crippen LogP contribution is 2.15. The normalized spacial score (nSPS) is 26.7. The Morgan fingerprint density at radius 1 is 1.50 bits per heavy atom. The molecule has 1 saturated heterocycles. The first-order valence-corrected chi connectivity index (χ1v) is 3.88. The molecule has 0 spiro atoms. The number of aliphatic hydroxyl groups excluding tert-OH is 1. The van der Waals surface area contributed by atoms with Crippen molar-refractivity contribution >= 4 is 0 Å². The van der Waals surface area contributed by atoms with Crippen molar-refractivity contribution in [2.24, 2.45) is 11.7 Å². The Labute approximate surface area is 61.8 Å². The fraction of sp³-hybridized carbons (Fsp3) is 1.00. The largest absolute Gasteiger partial charge is 0.365 e. The molecule has 0 saturated carbocycles. The maximum absolute atomic E-state index is 8.97. The molecule has 1 fully saturated rings. The lowest BCUT2D eigenvalue weighted by atomic mass is 10.00. The summed E-state index contributed by atoms with van der Waals surface area (Å²) in [6.45, 7) is 4.12. The number of aliphatic hydroxyl groups is 1. The Balaban J connectivity index is 2.26. The lowest BCUT2D eigenvalue weighted by molar-refractivity contribution is -0.0103. The third kappa shape index (κ3) is 1.94. The molecule has 10 heavy (non-hydrogen) atoms. The van der Waals surface area contributed by atoms with E-state index in [2.05, 4.69) is 6.92 Å². The van der Waals surface area contributed by atoms with Gasteiger partial charge in [0.2, 0.25) is 0 Å². The van der Waals surface area contributed by atoms with E-state index in [0.29, 0.717) is 0 Å². The monoisotopic (exact) mass is 144 g/mol. The molecule has 0 bridgehead atoms. The summed E-state index contributed by atoms with van der Waals surface area (Å²) in [5, 5.41) is 8.97. The van der Waals surface area contributed by atoms with Crippen LogP contribution >= 0.6 is 0 Å². The fourth-order valence-electron chi connectivity index (χ4n) is 1.29. The molecule has 1 heterocycles. The minimum absolute atomic E-state index is 0.743. The van der Waals surface area contributed by atoms with Crippen LogP contribution in [0.4, 0.5) is 0 Å². The summed E-state index contributed by atoms with van der Waals surface area (Å²) in [5.41, 5.74) is 5.29. The van der Waals surface area contributed by atoms with Crippen molar-refractivity contribution in [1.82, 2.24) is 4.90 Å². The predicted molar refractivity (Wildman–Crippen MR) is 40.2 cm³/mol. The van der Waals surface area contributed by atoms with Crippen LogP contribution in [0.15, 0.2) is 0 Å². The fourth-order valence-corrected chi connectivity index (χ4v) is 1.29. The summed E-state index contributed by atoms with van der Waals surface area (Å²) < 4.78 is 0. The van der Waals surface area contributed by atoms with Crippen molar-refractivity contribution in [3.05, 3.63) is 0 Å². The zero-order chi connectivity index (χ0) is 7.56. The van der Waals surface area contributed by atoms with Gasteiger partial charge in [-0.25, -0.2) is 0 Å². The number of hydrogen-bond donors (Lipinski definition) is 2. The lowest BCUT2D eigenvalue weighted by Gasteiger charge is -2.31. The molecule has 3 N–H and O–H groups in total. The first-order chi connectivity index (χ1) is 4.70. The van der Waals surface area contributed by atoms with E-state index in [0.717, 1.165) is 31.8 Å². The molecule has 3 heteroatoms. The molecule has 0 aliphatic carbocycles. The number of nitrogens with two attached hydrogens (primary N) is 1. The number of piperidine rings is 1. The van der Waals surface area contributed by atoms with Gasteiger partial charge in [-0.05, 0) is 18.8 Å². The van der Waals surface area contributed by atoms with Crippen LogP contribution in [-0.4, -0.2) is 29.4 Å². The molecule has 1 rings (SSSR count). The van der Waals surface area contributed by atoms with Gasteiger partial charge >= 0.3 is 0 Å². The molecule has 0 amide bonds. The van der Waals surface area contributed by atoms with Gasteiger partial charge in [-0.15, -0.1) is 0 Å². The minimum Gasteiger partial charge on any atom is -0.365 e. The molecule has 1 unspecified atom stereocenters. The zero-order valence-electron chi connectivity index (χ0n) is 6.45. The van der Waals surface area contributed by atoms with Gasteiger partial charge in [0.25, 0.3) is 0 Å². The van der Waals surface area contributed by atoms with Crippen LogP contribution in [-0.2, 0) is 0 Å². The van der Waals surface area contributed by atoms with Crippen molar-refractivity contribution in [2.75, 3.05) is 13.1 Å². The van der Waals surface area contributed by atoms with Gasteiger partial charge in [0.15, 0.2) is 6.35 Å². The lowest BCUT2D eigenvalue weighted by Crippen LogP contribution is -2.45. The molecule has 60 valence electrons. The Morgan fingerprint density at radius 3 is 2.40 bits per heavy atom. The molecular formula is C7H16N2O. The van der Waals surface area contributed by atoms with Gasteiger partial charge in [0.05, 0.1) is 0 Å². The minimum atomic E-state index is -0.743. The van der Waals surface area contributed by atoms with Gasteiger partial charge < -0.3 is 5.11 Å². The summed E-state index contributed by atoms with van der Waals surface area (Å²) >= 11 is 0. The third-order valence-electron chi connectivity index (χ3n) is 2.19. The smallest absolute Gasteiger partial charge is 0.160 e. The van der Waals surface area contributed by atoms with Crippen LogP contribution in [0.2, 0.25) is 0 Å². The number of nitrogens with zero attached hydrogens (tertiary/aromatic N) is 1. The molecular weight excluding hydrogens is 128 g/mol. The van der Waals surface area contributed by atoms with Crippen molar-refractivity contribution < 1.29 is 5.11 Å². The highest BCUT2D eigenvalue weighted by Gasteiger charge is 2.18. The summed E-state index contributed by atoms with van der Waals surface area (Å²) in [6, 6.07) is 0. The molecule has 0 aromatic carbocycles. The van der Waals surface area contributed by atoms with Crippen molar-refractivity contribution in [2.45, 2.75) is 26.1 Å². The average Bonchev–Trinajstić information content (AvgIpc) is 1.88. The van der Waals surface area contributed by atoms with Crippen LogP contribution in [0.5, 0.6) is 0 Å². The van der Waals surface area contributed by atoms with E-state index >= 15 is 0 Å². The van der Waals surface area contributed by atoms with Gasteiger partial charge in [-0.2, -0.15) is 0 Å². The second-order valence-electron chi connectivity index (χ2n) is 3.13. The molecule has 0 radical (unpaired) electrons. The van der Waals surface area contributed by atoms with E-state index in [9.17, 15) is 0 Å². The van der Waals surface area contributed by atoms with E-state index in [1.165, 1.54) is 0 Å². The van der Waals surface area contributed by atoms with Crippen LogP contribution in [0.25, 0.3) is 0 Å². The maximum Gasteiger partial charge on any atom is 0.160 e. The molecule has 0 aromatic rings. The molecule has 0 aromatic heterocycles. The van der Waals surface area contributed by atoms with E-state index in [1.54, 1.807) is 0 Å². The Kier molecular flexibility index (Phi) is 2.65. The molecule has 1 atom stereocenters. The van der Waals surface area contributed by atoms with Gasteiger partial charge in [-0.3, -0.25) is 10.6 Å². The highest BCUT2D eigenvalue weighted by molar-refractivity contribution is 4.68. The molecule has 1 aliphatic heterocycles. The predicted octanol–water partition coefficient (Wildman–Crippen LogP) is -0.0471. The van der Waals surface area contributed by atoms with Gasteiger partial charge in [-0.1, -0.05) is 6.92 Å². The summed E-state index contributed by atoms with van der Waals surface area (Å²) in [6.07, 6.45) is 1.58. The Morgan fingerprint density at radius 2 is 2.00 bits per heavy atom. The Hall–Kier alpha value is -0.120. The molecule has 1 aliphatic rings. The van der Waals surface area contributed by atoms with Crippen LogP contribution < -0.4 is 5.73 Å². The summed E-state index contributed by atoms with van der Waals surface area (Å²) in [5.74, 6) is 0.801. The first kappa shape index (κ1) is 7.98. The van der Waals surface area contributed by atoms with E-state index < -0.39 is 6.35 Å². The SMILES string of the molecule is CC1CCN(C(N)O)CC1. The van der Waals surface area contributed by atoms with E-state index in [4.69, 9.17) is 10.8 Å². The van der Waals surface area contributed by atoms with Crippen LogP contribution in [0.1, 0.15) is 19.8 Å². The van der Waals surface area contributed by atoms with Crippen molar-refractivity contribution in [3.8, 4) is 0 Å². The number of rotatable bonds is 1. The Bertz CT molecular complexity index is 97.8. The van der Waals surface area contributed by atoms with Crippen molar-refractivity contribution in [1.29, 1.82) is 0 Å². The molecule has 3 nitrogen and oxygen atoms in total. The average molecular weight is 144 g/mol. The van der Waals surface area contributed by atoms with E-state index in [1.807, 2.05) is 4.90 Å². The third-order valence-corrected chi connectivity index (χ3v) is 2.19. The maximum atomic E-state index is 8.97. The summed E-state index contributed by atoms with van der Waals surface area (Å²) in [7, 11) is 0. The quantitative estimate of drug-likeness (QED) is 0.507. The highest BCUT2D eigenvalue weighted by atomic mass is 16.3. The van der Waals surface area contributed by atoms with Crippen LogP contribution in [0.3, 0.4) is 0 Å². The summed E-state index contributed by atoms with van der Waals surface area (Å²) in [4.78, 5) is 1.90. The van der Waals surface area contributed by atoms with Gasteiger partial charge in [0.1, 0.15) is 0 Å². The van der Waals surface area contributed by atoms with Crippen LogP contribution in [0, 0.1) is 5.92 Å². The second-order valence-corrected chi connectivity index (χ2v) is 3.13. The van der Waals surface area contributed by atoms with Crippen molar-refractivity contribution in [3.63, 3.8) is 0 Å². The van der Waals surface area contributed by atoms with Gasteiger partial charge in [0, 0.05) is 13.1 Å². The number of hydrogen-bond acceptors (Lipinski definition) is 3. The standard InChI is InChI=1S/C7H16N2O/c1-6-2-4-9(5-3-6)7(8)10/h6-7,10H,2-5,8H2,1H3. The second kappa shape index (κ2) is 3.32. The first-order valence-electron chi connectivity index (χ1n) is 3.88. The number of likely N-dealkylation sites (tertiary alicyclic amines) is 1.